The van der Waals surface area contributed by atoms with E-state index in [0.717, 1.165) is 5.56 Å². The molecule has 0 bridgehead atoms. The van der Waals surface area contributed by atoms with E-state index in [4.69, 9.17) is 9.52 Å². The maximum Gasteiger partial charge on any atom is 0.335 e. The number of aryl methyl sites for hydroxylation is 1. The molecule has 7 nitrogen and oxygen atoms in total. The van der Waals surface area contributed by atoms with Crippen LogP contribution in [0.15, 0.2) is 40.4 Å². The average molecular weight is 312 g/mol. The van der Waals surface area contributed by atoms with Crippen molar-refractivity contribution in [2.24, 2.45) is 0 Å². The number of amides is 3. The fraction of sp³-hybridized carbons (Fsp3) is 0.0625. The minimum atomic E-state index is -1.02. The highest BCUT2D eigenvalue weighted by molar-refractivity contribution is 6.13. The third kappa shape index (κ3) is 2.84. The van der Waals surface area contributed by atoms with Crippen molar-refractivity contribution in [3.63, 3.8) is 0 Å². The van der Waals surface area contributed by atoms with E-state index in [1.54, 1.807) is 18.2 Å². The molecule has 0 aliphatic carbocycles. The Hall–Kier alpha value is -3.35. The normalized spacial score (nSPS) is 15.6. The van der Waals surface area contributed by atoms with Gasteiger partial charge < -0.3 is 14.8 Å². The van der Waals surface area contributed by atoms with Crippen LogP contribution < -0.4 is 10.6 Å². The van der Waals surface area contributed by atoms with Crippen molar-refractivity contribution in [2.45, 2.75) is 6.92 Å². The molecule has 1 saturated heterocycles. The van der Waals surface area contributed by atoms with Crippen LogP contribution in [0.3, 0.4) is 0 Å². The predicted octanol–water partition coefficient (Wildman–Crippen LogP) is 2.13. The summed E-state index contributed by atoms with van der Waals surface area (Å²) in [5, 5.41) is 13.5. The zero-order valence-electron chi connectivity index (χ0n) is 12.0. The van der Waals surface area contributed by atoms with Gasteiger partial charge in [-0.3, -0.25) is 10.1 Å². The first-order valence-corrected chi connectivity index (χ1v) is 6.72. The van der Waals surface area contributed by atoms with Crippen LogP contribution in [0.4, 0.5) is 4.79 Å². The molecule has 3 rings (SSSR count). The van der Waals surface area contributed by atoms with Crippen molar-refractivity contribution < 1.29 is 23.9 Å². The predicted molar refractivity (Wildman–Crippen MR) is 80.5 cm³/mol. The number of carbonyl (C=O) groups excluding carboxylic acids is 2. The second-order valence-electron chi connectivity index (χ2n) is 5.00. The quantitative estimate of drug-likeness (QED) is 0.594. The highest BCUT2D eigenvalue weighted by atomic mass is 16.4. The average Bonchev–Trinajstić information content (AvgIpc) is 3.06. The van der Waals surface area contributed by atoms with E-state index in [1.165, 1.54) is 18.2 Å². The summed E-state index contributed by atoms with van der Waals surface area (Å²) in [5.41, 5.74) is 1.75. The summed E-state index contributed by atoms with van der Waals surface area (Å²) >= 11 is 0. The van der Waals surface area contributed by atoms with Gasteiger partial charge in [-0.2, -0.15) is 0 Å². The van der Waals surface area contributed by atoms with Gasteiger partial charge >= 0.3 is 12.0 Å². The van der Waals surface area contributed by atoms with Gasteiger partial charge in [0.2, 0.25) is 0 Å². The lowest BCUT2D eigenvalue weighted by molar-refractivity contribution is -0.115. The van der Waals surface area contributed by atoms with Crippen molar-refractivity contribution in [3.05, 3.63) is 52.9 Å². The monoisotopic (exact) mass is 312 g/mol. The molecular weight excluding hydrogens is 300 g/mol. The van der Waals surface area contributed by atoms with Crippen LogP contribution >= 0.6 is 0 Å². The first-order chi connectivity index (χ1) is 10.9. The van der Waals surface area contributed by atoms with Crippen LogP contribution in [0.2, 0.25) is 0 Å². The summed E-state index contributed by atoms with van der Waals surface area (Å²) in [6, 6.07) is 7.47. The van der Waals surface area contributed by atoms with Crippen molar-refractivity contribution in [2.75, 3.05) is 0 Å². The zero-order chi connectivity index (χ0) is 16.6. The van der Waals surface area contributed by atoms with E-state index in [1.807, 2.05) is 6.92 Å². The molecule has 116 valence electrons. The molecule has 0 spiro atoms. The Morgan fingerprint density at radius 1 is 1.17 bits per heavy atom. The second kappa shape index (κ2) is 5.45. The number of furan rings is 1. The molecule has 2 heterocycles. The van der Waals surface area contributed by atoms with Crippen LogP contribution in [0, 0.1) is 6.92 Å². The van der Waals surface area contributed by atoms with Gasteiger partial charge in [-0.1, -0.05) is 6.07 Å². The van der Waals surface area contributed by atoms with E-state index in [-0.39, 0.29) is 11.3 Å². The van der Waals surface area contributed by atoms with Crippen LogP contribution in [-0.2, 0) is 4.79 Å². The Kier molecular flexibility index (Phi) is 3.46. The molecule has 3 N–H and O–H groups in total. The Bertz CT molecular complexity index is 863. The lowest BCUT2D eigenvalue weighted by Crippen LogP contribution is -2.22. The minimum absolute atomic E-state index is 0.0897. The Morgan fingerprint density at radius 3 is 2.61 bits per heavy atom. The number of hydrogen-bond acceptors (Lipinski definition) is 4. The van der Waals surface area contributed by atoms with Gasteiger partial charge in [-0.25, -0.2) is 9.59 Å². The number of rotatable bonds is 3. The molecule has 0 atom stereocenters. The Balaban J connectivity index is 1.95. The molecule has 1 aromatic heterocycles. The van der Waals surface area contributed by atoms with Crippen LogP contribution in [-0.4, -0.2) is 23.0 Å². The smallest absolute Gasteiger partial charge is 0.335 e. The molecule has 0 saturated carbocycles. The number of aromatic carboxylic acids is 1. The molecule has 1 aliphatic rings. The Morgan fingerprint density at radius 2 is 1.96 bits per heavy atom. The molecule has 1 aromatic carbocycles. The number of carboxylic acid groups (broad SMARTS) is 1. The topological polar surface area (TPSA) is 109 Å². The van der Waals surface area contributed by atoms with E-state index in [0.29, 0.717) is 17.1 Å². The van der Waals surface area contributed by atoms with E-state index >= 15 is 0 Å². The van der Waals surface area contributed by atoms with Gasteiger partial charge in [-0.15, -0.1) is 0 Å². The number of imide groups is 1. The van der Waals surface area contributed by atoms with Crippen LogP contribution in [0.5, 0.6) is 0 Å². The fourth-order valence-electron chi connectivity index (χ4n) is 2.22. The molecule has 0 unspecified atom stereocenters. The SMILES string of the molecule is Cc1ccc(C(=O)O)cc1-c1ccc(C=C2NC(=O)NC2=O)o1. The summed E-state index contributed by atoms with van der Waals surface area (Å²) in [6.07, 6.45) is 1.40. The van der Waals surface area contributed by atoms with Crippen molar-refractivity contribution in [1.29, 1.82) is 0 Å². The number of carboxylic acids is 1. The highest BCUT2D eigenvalue weighted by Gasteiger charge is 2.23. The van der Waals surface area contributed by atoms with E-state index in [9.17, 15) is 14.4 Å². The molecule has 0 radical (unpaired) electrons. The first-order valence-electron chi connectivity index (χ1n) is 6.72. The molecule has 23 heavy (non-hydrogen) atoms. The van der Waals surface area contributed by atoms with Gasteiger partial charge in [0.1, 0.15) is 17.2 Å². The lowest BCUT2D eigenvalue weighted by Gasteiger charge is -2.04. The van der Waals surface area contributed by atoms with Crippen molar-refractivity contribution in [3.8, 4) is 11.3 Å². The van der Waals surface area contributed by atoms with Crippen LogP contribution in [0.1, 0.15) is 21.7 Å². The standard InChI is InChI=1S/C16H12N2O5/c1-8-2-3-9(15(20)21)6-11(8)13-5-4-10(23-13)7-12-14(19)18-16(22)17-12/h2-7H,1H3,(H,20,21)(H2,17,18,19,22). The largest absolute Gasteiger partial charge is 0.478 e. The van der Waals surface area contributed by atoms with Gasteiger partial charge in [0, 0.05) is 11.6 Å². The molecule has 7 heteroatoms. The molecule has 1 fully saturated rings. The maximum atomic E-state index is 11.5. The van der Waals surface area contributed by atoms with Crippen LogP contribution in [0.25, 0.3) is 17.4 Å². The number of benzene rings is 1. The number of nitrogens with one attached hydrogen (secondary N) is 2. The molecule has 2 aromatic rings. The first kappa shape index (κ1) is 14.6. The maximum absolute atomic E-state index is 11.5. The van der Waals surface area contributed by atoms with E-state index < -0.39 is 17.9 Å². The van der Waals surface area contributed by atoms with Crippen molar-refractivity contribution in [1.82, 2.24) is 10.6 Å². The summed E-state index contributed by atoms with van der Waals surface area (Å²) in [6.45, 7) is 1.84. The third-order valence-corrected chi connectivity index (χ3v) is 3.38. The van der Waals surface area contributed by atoms with Crippen molar-refractivity contribution >= 4 is 24.0 Å². The number of urea groups is 1. The number of hydrogen-bond donors (Lipinski definition) is 3. The third-order valence-electron chi connectivity index (χ3n) is 3.38. The fourth-order valence-corrected chi connectivity index (χ4v) is 2.22. The van der Waals surface area contributed by atoms with Gasteiger partial charge in [0.05, 0.1) is 5.56 Å². The summed E-state index contributed by atoms with van der Waals surface area (Å²) in [5.74, 6) is -0.711. The zero-order valence-corrected chi connectivity index (χ0v) is 12.0. The van der Waals surface area contributed by atoms with Gasteiger partial charge in [-0.05, 0) is 36.8 Å². The van der Waals surface area contributed by atoms with E-state index in [2.05, 4.69) is 10.6 Å². The minimum Gasteiger partial charge on any atom is -0.478 e. The summed E-state index contributed by atoms with van der Waals surface area (Å²) < 4.78 is 5.63. The van der Waals surface area contributed by atoms with Gasteiger partial charge in [0.15, 0.2) is 0 Å². The summed E-state index contributed by atoms with van der Waals surface area (Å²) in [7, 11) is 0. The Labute approximate surface area is 130 Å². The van der Waals surface area contributed by atoms with Gasteiger partial charge in [0.25, 0.3) is 5.91 Å². The lowest BCUT2D eigenvalue weighted by atomic mass is 10.0. The summed E-state index contributed by atoms with van der Waals surface area (Å²) in [4.78, 5) is 33.6. The second-order valence-corrected chi connectivity index (χ2v) is 5.00. The molecule has 1 aliphatic heterocycles. The molecule has 3 amide bonds. The molecular formula is C16H12N2O5. The number of carbonyl (C=O) groups is 3. The highest BCUT2D eigenvalue weighted by Crippen LogP contribution is 2.27.